The lowest BCUT2D eigenvalue weighted by Gasteiger charge is -2.11. The summed E-state index contributed by atoms with van der Waals surface area (Å²) in [6.45, 7) is 4.12. The Morgan fingerprint density at radius 3 is 2.74 bits per heavy atom. The molecule has 0 radical (unpaired) electrons. The maximum absolute atomic E-state index is 11.1. The summed E-state index contributed by atoms with van der Waals surface area (Å²) in [5.74, 6) is 0.0182. The lowest BCUT2D eigenvalue weighted by atomic mass is 9.98. The minimum atomic E-state index is -1.08. The average molecular weight is 261 g/mol. The maximum atomic E-state index is 11.1. The summed E-state index contributed by atoms with van der Waals surface area (Å²) in [5.41, 5.74) is 1.70. The first-order valence-corrected chi connectivity index (χ1v) is 5.91. The fourth-order valence-corrected chi connectivity index (χ4v) is 1.85. The predicted octanol–water partition coefficient (Wildman–Crippen LogP) is 3.17. The number of benzene rings is 1. The van der Waals surface area contributed by atoms with Gasteiger partial charge >= 0.3 is 5.97 Å². The van der Waals surface area contributed by atoms with E-state index in [4.69, 9.17) is 14.4 Å². The van der Waals surface area contributed by atoms with E-state index in [0.29, 0.717) is 17.2 Å². The van der Waals surface area contributed by atoms with E-state index in [1.54, 1.807) is 6.07 Å². The van der Waals surface area contributed by atoms with Gasteiger partial charge in [-0.15, -0.1) is 0 Å². The van der Waals surface area contributed by atoms with Crippen molar-refractivity contribution in [3.8, 4) is 17.1 Å². The second-order valence-electron chi connectivity index (χ2n) is 4.49. The number of carbonyl (C=O) groups is 1. The fraction of sp³-hybridized carbons (Fsp3) is 0.286. The summed E-state index contributed by atoms with van der Waals surface area (Å²) in [7, 11) is 1.53. The van der Waals surface area contributed by atoms with Crippen LogP contribution < -0.4 is 4.74 Å². The average Bonchev–Trinajstić information content (AvgIpc) is 2.87. The van der Waals surface area contributed by atoms with Crippen LogP contribution in [0.4, 0.5) is 0 Å². The van der Waals surface area contributed by atoms with Gasteiger partial charge in [-0.1, -0.05) is 25.1 Å². The Labute approximate surface area is 110 Å². The van der Waals surface area contributed by atoms with E-state index in [9.17, 15) is 4.79 Å². The van der Waals surface area contributed by atoms with Crippen molar-refractivity contribution in [3.63, 3.8) is 0 Å². The van der Waals surface area contributed by atoms with Crippen molar-refractivity contribution in [1.29, 1.82) is 0 Å². The number of carboxylic acids is 1. The highest BCUT2D eigenvalue weighted by molar-refractivity contribution is 5.94. The molecule has 0 aliphatic rings. The van der Waals surface area contributed by atoms with Crippen molar-refractivity contribution in [2.45, 2.75) is 19.8 Å². The Bertz CT molecular complexity index is 601. The van der Waals surface area contributed by atoms with E-state index < -0.39 is 5.97 Å². The molecule has 5 heteroatoms. The molecule has 0 saturated heterocycles. The van der Waals surface area contributed by atoms with Gasteiger partial charge < -0.3 is 14.4 Å². The second kappa shape index (κ2) is 5.14. The molecule has 19 heavy (non-hydrogen) atoms. The number of hydrogen-bond acceptors (Lipinski definition) is 4. The number of nitrogens with zero attached hydrogens (tertiary/aromatic N) is 1. The molecule has 0 fully saturated rings. The smallest absolute Gasteiger partial charge is 0.341 e. The zero-order valence-electron chi connectivity index (χ0n) is 11.0. The van der Waals surface area contributed by atoms with Crippen LogP contribution in [0.1, 0.15) is 35.7 Å². The van der Waals surface area contributed by atoms with Crippen LogP contribution >= 0.6 is 0 Å². The van der Waals surface area contributed by atoms with E-state index in [0.717, 1.165) is 5.56 Å². The Hall–Kier alpha value is -2.30. The van der Waals surface area contributed by atoms with Gasteiger partial charge in [0.1, 0.15) is 11.3 Å². The molecule has 0 aliphatic carbocycles. The number of carboxylic acid groups (broad SMARTS) is 1. The molecule has 2 aromatic rings. The van der Waals surface area contributed by atoms with Crippen LogP contribution in [0.3, 0.4) is 0 Å². The molecule has 0 bridgehead atoms. The maximum Gasteiger partial charge on any atom is 0.341 e. The first-order chi connectivity index (χ1) is 9.04. The van der Waals surface area contributed by atoms with E-state index in [-0.39, 0.29) is 11.3 Å². The third-order valence-corrected chi connectivity index (χ3v) is 2.94. The van der Waals surface area contributed by atoms with Crippen LogP contribution in [0, 0.1) is 0 Å². The Balaban J connectivity index is 2.62. The number of rotatable bonds is 4. The van der Waals surface area contributed by atoms with Crippen molar-refractivity contribution in [1.82, 2.24) is 5.16 Å². The van der Waals surface area contributed by atoms with E-state index in [1.807, 2.05) is 12.1 Å². The van der Waals surface area contributed by atoms with Gasteiger partial charge in [0.25, 0.3) is 0 Å². The van der Waals surface area contributed by atoms with Gasteiger partial charge in [0, 0.05) is 0 Å². The highest BCUT2D eigenvalue weighted by Crippen LogP contribution is 2.34. The van der Waals surface area contributed by atoms with E-state index in [1.165, 1.54) is 13.3 Å². The first-order valence-electron chi connectivity index (χ1n) is 5.91. The first kappa shape index (κ1) is 13.1. The molecule has 5 nitrogen and oxygen atoms in total. The van der Waals surface area contributed by atoms with Gasteiger partial charge in [-0.3, -0.25) is 0 Å². The standard InChI is InChI=1S/C14H15NO4/c1-8(2)9-4-5-12(18-3)10(6-9)13-11(14(16)17)7-15-19-13/h4-8H,1-3H3,(H,16,17). The zero-order valence-corrected chi connectivity index (χ0v) is 11.0. The molecule has 0 aliphatic heterocycles. The molecule has 1 heterocycles. The van der Waals surface area contributed by atoms with Crippen molar-refractivity contribution in [2.24, 2.45) is 0 Å². The largest absolute Gasteiger partial charge is 0.496 e. The topological polar surface area (TPSA) is 72.6 Å². The molecular formula is C14H15NO4. The molecule has 0 unspecified atom stereocenters. The molecule has 0 spiro atoms. The third-order valence-electron chi connectivity index (χ3n) is 2.94. The Morgan fingerprint density at radius 1 is 1.42 bits per heavy atom. The summed E-state index contributed by atoms with van der Waals surface area (Å²) >= 11 is 0. The zero-order chi connectivity index (χ0) is 14.0. The molecule has 100 valence electrons. The Kier molecular flexibility index (Phi) is 3.55. The summed E-state index contributed by atoms with van der Waals surface area (Å²) in [6.07, 6.45) is 1.19. The number of aromatic nitrogens is 1. The molecular weight excluding hydrogens is 246 g/mol. The van der Waals surface area contributed by atoms with Gasteiger partial charge in [-0.25, -0.2) is 4.79 Å². The summed E-state index contributed by atoms with van der Waals surface area (Å²) < 4.78 is 10.3. The SMILES string of the molecule is COc1ccc(C(C)C)cc1-c1oncc1C(=O)O. The van der Waals surface area contributed by atoms with Crippen LogP contribution in [0.2, 0.25) is 0 Å². The van der Waals surface area contributed by atoms with Crippen LogP contribution in [-0.2, 0) is 0 Å². The number of ether oxygens (including phenoxy) is 1. The minimum absolute atomic E-state index is 0.0270. The number of hydrogen-bond donors (Lipinski definition) is 1. The second-order valence-corrected chi connectivity index (χ2v) is 4.49. The van der Waals surface area contributed by atoms with Crippen molar-refractivity contribution in [3.05, 3.63) is 35.5 Å². The van der Waals surface area contributed by atoms with Crippen LogP contribution in [0.25, 0.3) is 11.3 Å². The Morgan fingerprint density at radius 2 is 2.16 bits per heavy atom. The molecule has 0 amide bonds. The van der Waals surface area contributed by atoms with Crippen molar-refractivity contribution in [2.75, 3.05) is 7.11 Å². The molecule has 0 atom stereocenters. The highest BCUT2D eigenvalue weighted by Gasteiger charge is 2.20. The van der Waals surface area contributed by atoms with Gasteiger partial charge in [-0.05, 0) is 23.6 Å². The van der Waals surface area contributed by atoms with Gasteiger partial charge in [0.2, 0.25) is 0 Å². The van der Waals surface area contributed by atoms with Crippen molar-refractivity contribution < 1.29 is 19.2 Å². The molecule has 0 saturated carbocycles. The lowest BCUT2D eigenvalue weighted by molar-refractivity contribution is 0.0697. The summed E-state index contributed by atoms with van der Waals surface area (Å²) in [5, 5.41) is 12.7. The third kappa shape index (κ3) is 2.45. The fourth-order valence-electron chi connectivity index (χ4n) is 1.85. The quantitative estimate of drug-likeness (QED) is 0.915. The van der Waals surface area contributed by atoms with Gasteiger partial charge in [0.15, 0.2) is 5.76 Å². The molecule has 1 aromatic carbocycles. The summed E-state index contributed by atoms with van der Waals surface area (Å²) in [4.78, 5) is 11.1. The highest BCUT2D eigenvalue weighted by atomic mass is 16.5. The van der Waals surface area contributed by atoms with Crippen LogP contribution in [0.15, 0.2) is 28.9 Å². The number of aromatic carboxylic acids is 1. The van der Waals surface area contributed by atoms with Crippen LogP contribution in [0.5, 0.6) is 5.75 Å². The number of methoxy groups -OCH3 is 1. The predicted molar refractivity (Wildman–Crippen MR) is 69.5 cm³/mol. The molecule has 1 N–H and O–H groups in total. The van der Waals surface area contributed by atoms with Gasteiger partial charge in [-0.2, -0.15) is 0 Å². The molecule has 2 rings (SSSR count). The monoisotopic (exact) mass is 261 g/mol. The minimum Gasteiger partial charge on any atom is -0.496 e. The lowest BCUT2D eigenvalue weighted by Crippen LogP contribution is -1.98. The van der Waals surface area contributed by atoms with E-state index >= 15 is 0 Å². The normalized spacial score (nSPS) is 10.7. The summed E-state index contributed by atoms with van der Waals surface area (Å²) in [6, 6.07) is 5.62. The van der Waals surface area contributed by atoms with E-state index in [2.05, 4.69) is 19.0 Å². The van der Waals surface area contributed by atoms with Gasteiger partial charge in [0.05, 0.1) is 18.9 Å². The van der Waals surface area contributed by atoms with Crippen LogP contribution in [-0.4, -0.2) is 23.3 Å². The van der Waals surface area contributed by atoms with Crippen molar-refractivity contribution >= 4 is 5.97 Å². The molecule has 1 aromatic heterocycles.